The number of carbonyl (C=O) groups excluding carboxylic acids is 1. The Kier molecular flexibility index (Phi) is 2.95. The maximum absolute atomic E-state index is 11.5. The van der Waals surface area contributed by atoms with Crippen LogP contribution in [0.25, 0.3) is 5.65 Å². The number of tetrazole rings is 1. The highest BCUT2D eigenvalue weighted by molar-refractivity contribution is 5.75. The Morgan fingerprint density at radius 2 is 2.42 bits per heavy atom. The van der Waals surface area contributed by atoms with Crippen molar-refractivity contribution in [2.75, 3.05) is 31.7 Å². The second kappa shape index (κ2) is 4.76. The lowest BCUT2D eigenvalue weighted by Gasteiger charge is -2.32. The standard InChI is InChI=1S/C10H12N6O3/c1-18-10(17)7-6-15(2-3-19-7)9-5-11-4-8-12-13-14-16(8)9/h4-5,7H,2-3,6H2,1H3. The number of fused-ring (bicyclic) bond motifs is 1. The molecule has 0 saturated carbocycles. The van der Waals surface area contributed by atoms with Crippen LogP contribution in [0, 0.1) is 0 Å². The summed E-state index contributed by atoms with van der Waals surface area (Å²) in [5.41, 5.74) is 0.554. The van der Waals surface area contributed by atoms with E-state index in [1.54, 1.807) is 16.9 Å². The molecule has 0 spiro atoms. The van der Waals surface area contributed by atoms with Crippen LogP contribution in [0.3, 0.4) is 0 Å². The third kappa shape index (κ3) is 2.08. The number of nitrogens with zero attached hydrogens (tertiary/aromatic N) is 6. The highest BCUT2D eigenvalue weighted by Gasteiger charge is 2.28. The number of hydrogen-bond donors (Lipinski definition) is 0. The van der Waals surface area contributed by atoms with Crippen molar-refractivity contribution >= 4 is 17.4 Å². The second-order valence-electron chi connectivity index (χ2n) is 4.04. The van der Waals surface area contributed by atoms with Gasteiger partial charge in [0.2, 0.25) is 0 Å². The number of rotatable bonds is 2. The van der Waals surface area contributed by atoms with Gasteiger partial charge in [0.1, 0.15) is 0 Å². The van der Waals surface area contributed by atoms with Gasteiger partial charge in [0.25, 0.3) is 0 Å². The van der Waals surface area contributed by atoms with E-state index in [4.69, 9.17) is 9.47 Å². The minimum atomic E-state index is -0.606. The topological polar surface area (TPSA) is 94.7 Å². The highest BCUT2D eigenvalue weighted by atomic mass is 16.6. The molecular formula is C10H12N6O3. The smallest absolute Gasteiger partial charge is 0.336 e. The van der Waals surface area contributed by atoms with Crippen molar-refractivity contribution in [3.8, 4) is 0 Å². The number of aromatic nitrogens is 5. The number of morpholine rings is 1. The average Bonchev–Trinajstić information content (AvgIpc) is 2.94. The number of esters is 1. The van der Waals surface area contributed by atoms with Crippen LogP contribution in [0.1, 0.15) is 0 Å². The second-order valence-corrected chi connectivity index (χ2v) is 4.04. The van der Waals surface area contributed by atoms with Gasteiger partial charge in [0, 0.05) is 6.54 Å². The maximum Gasteiger partial charge on any atom is 0.336 e. The van der Waals surface area contributed by atoms with Crippen LogP contribution in [0.2, 0.25) is 0 Å². The lowest BCUT2D eigenvalue weighted by Crippen LogP contribution is -2.47. The summed E-state index contributed by atoms with van der Waals surface area (Å²) in [4.78, 5) is 17.6. The predicted octanol–water partition coefficient (Wildman–Crippen LogP) is -1.10. The molecule has 100 valence electrons. The van der Waals surface area contributed by atoms with Gasteiger partial charge < -0.3 is 14.4 Å². The Morgan fingerprint density at radius 1 is 1.53 bits per heavy atom. The molecule has 0 aromatic carbocycles. The Bertz CT molecular complexity index is 600. The van der Waals surface area contributed by atoms with Crippen LogP contribution in [0.15, 0.2) is 12.4 Å². The maximum atomic E-state index is 11.5. The molecule has 2 aromatic rings. The summed E-state index contributed by atoms with van der Waals surface area (Å²) in [6.45, 7) is 1.44. The molecule has 1 aliphatic heterocycles. The van der Waals surface area contributed by atoms with E-state index < -0.39 is 6.10 Å². The van der Waals surface area contributed by atoms with Gasteiger partial charge in [0.05, 0.1) is 32.7 Å². The normalized spacial score (nSPS) is 19.6. The molecule has 0 aliphatic carbocycles. The van der Waals surface area contributed by atoms with E-state index in [0.717, 1.165) is 5.82 Å². The minimum Gasteiger partial charge on any atom is -0.467 e. The van der Waals surface area contributed by atoms with Crippen LogP contribution in [-0.4, -0.2) is 63.9 Å². The molecule has 9 heteroatoms. The number of hydrogen-bond acceptors (Lipinski definition) is 8. The highest BCUT2D eigenvalue weighted by Crippen LogP contribution is 2.17. The molecule has 1 fully saturated rings. The van der Waals surface area contributed by atoms with Gasteiger partial charge in [-0.15, -0.1) is 5.10 Å². The zero-order chi connectivity index (χ0) is 13.2. The Morgan fingerprint density at radius 3 is 3.26 bits per heavy atom. The van der Waals surface area contributed by atoms with Gasteiger partial charge in [-0.2, -0.15) is 4.52 Å². The fraction of sp³-hybridized carbons (Fsp3) is 0.500. The zero-order valence-corrected chi connectivity index (χ0v) is 10.3. The molecule has 1 aliphatic rings. The third-order valence-electron chi connectivity index (χ3n) is 2.95. The number of anilines is 1. The Balaban J connectivity index is 1.89. The molecule has 1 atom stereocenters. The van der Waals surface area contributed by atoms with Gasteiger partial charge in [-0.05, 0) is 10.4 Å². The van der Waals surface area contributed by atoms with E-state index in [-0.39, 0.29) is 5.97 Å². The first kappa shape index (κ1) is 11.8. The first-order valence-corrected chi connectivity index (χ1v) is 5.76. The summed E-state index contributed by atoms with van der Waals surface area (Å²) < 4.78 is 11.6. The van der Waals surface area contributed by atoms with E-state index in [2.05, 4.69) is 20.5 Å². The predicted molar refractivity (Wildman–Crippen MR) is 62.5 cm³/mol. The van der Waals surface area contributed by atoms with Gasteiger partial charge in [-0.25, -0.2) is 4.79 Å². The Labute approximate surface area is 108 Å². The quantitative estimate of drug-likeness (QED) is 0.631. The van der Waals surface area contributed by atoms with E-state index in [9.17, 15) is 4.79 Å². The fourth-order valence-electron chi connectivity index (χ4n) is 2.01. The molecule has 3 rings (SSSR count). The molecule has 0 bridgehead atoms. The summed E-state index contributed by atoms with van der Waals surface area (Å²) >= 11 is 0. The van der Waals surface area contributed by atoms with Crippen LogP contribution in [-0.2, 0) is 14.3 Å². The van der Waals surface area contributed by atoms with Crippen molar-refractivity contribution in [2.24, 2.45) is 0 Å². The number of carbonyl (C=O) groups is 1. The molecule has 19 heavy (non-hydrogen) atoms. The molecule has 3 heterocycles. The molecule has 1 saturated heterocycles. The summed E-state index contributed by atoms with van der Waals surface area (Å²) in [5, 5.41) is 11.3. The summed E-state index contributed by atoms with van der Waals surface area (Å²) in [6.07, 6.45) is 2.62. The fourth-order valence-corrected chi connectivity index (χ4v) is 2.01. The van der Waals surface area contributed by atoms with Crippen molar-refractivity contribution in [3.63, 3.8) is 0 Å². The van der Waals surface area contributed by atoms with Crippen molar-refractivity contribution in [1.29, 1.82) is 0 Å². The Hall–Kier alpha value is -2.29. The summed E-state index contributed by atoms with van der Waals surface area (Å²) in [7, 11) is 1.34. The molecule has 0 radical (unpaired) electrons. The lowest BCUT2D eigenvalue weighted by atomic mass is 10.2. The molecule has 0 N–H and O–H groups in total. The zero-order valence-electron chi connectivity index (χ0n) is 10.3. The van der Waals surface area contributed by atoms with Gasteiger partial charge >= 0.3 is 5.97 Å². The number of methoxy groups -OCH3 is 1. The van der Waals surface area contributed by atoms with E-state index in [1.165, 1.54) is 7.11 Å². The van der Waals surface area contributed by atoms with Gasteiger partial charge in [0.15, 0.2) is 17.6 Å². The van der Waals surface area contributed by atoms with Crippen molar-refractivity contribution in [1.82, 2.24) is 25.0 Å². The van der Waals surface area contributed by atoms with Crippen molar-refractivity contribution in [3.05, 3.63) is 12.4 Å². The van der Waals surface area contributed by atoms with Gasteiger partial charge in [-0.1, -0.05) is 0 Å². The largest absolute Gasteiger partial charge is 0.467 e. The van der Waals surface area contributed by atoms with Crippen LogP contribution >= 0.6 is 0 Å². The molecule has 1 unspecified atom stereocenters. The lowest BCUT2D eigenvalue weighted by molar-refractivity contribution is -0.154. The SMILES string of the molecule is COC(=O)C1CN(c2cncc3nnnn23)CCO1. The summed E-state index contributed by atoms with van der Waals surface area (Å²) in [6, 6.07) is 0. The van der Waals surface area contributed by atoms with E-state index >= 15 is 0 Å². The molecule has 0 amide bonds. The van der Waals surface area contributed by atoms with Crippen LogP contribution in [0.4, 0.5) is 5.82 Å². The minimum absolute atomic E-state index is 0.382. The van der Waals surface area contributed by atoms with Crippen LogP contribution < -0.4 is 4.90 Å². The molecular weight excluding hydrogens is 252 g/mol. The first-order valence-electron chi connectivity index (χ1n) is 5.76. The van der Waals surface area contributed by atoms with Gasteiger partial charge in [-0.3, -0.25) is 4.98 Å². The van der Waals surface area contributed by atoms with E-state index in [1.807, 2.05) is 4.90 Å². The summed E-state index contributed by atoms with van der Waals surface area (Å²) in [5.74, 6) is 0.334. The van der Waals surface area contributed by atoms with E-state index in [0.29, 0.717) is 25.3 Å². The van der Waals surface area contributed by atoms with Crippen molar-refractivity contribution in [2.45, 2.75) is 6.10 Å². The van der Waals surface area contributed by atoms with Crippen molar-refractivity contribution < 1.29 is 14.3 Å². The molecule has 2 aromatic heterocycles. The van der Waals surface area contributed by atoms with Crippen LogP contribution in [0.5, 0.6) is 0 Å². The average molecular weight is 264 g/mol. The monoisotopic (exact) mass is 264 g/mol. The first-order chi connectivity index (χ1) is 9.29. The third-order valence-corrected chi connectivity index (χ3v) is 2.95. The number of ether oxygens (including phenoxy) is 2. The molecule has 9 nitrogen and oxygen atoms in total.